The van der Waals surface area contributed by atoms with Gasteiger partial charge in [-0.3, -0.25) is 9.59 Å². The lowest BCUT2D eigenvalue weighted by Crippen LogP contribution is -2.26. The lowest BCUT2D eigenvalue weighted by molar-refractivity contribution is 0.0868. The van der Waals surface area contributed by atoms with E-state index in [0.29, 0.717) is 34.1 Å². The van der Waals surface area contributed by atoms with E-state index in [4.69, 9.17) is 9.47 Å². The molecule has 1 atom stereocenters. The molecule has 6 rings (SSSR count). The normalized spacial score (nSPS) is 19.1. The average molecular weight is 503 g/mol. The molecule has 3 aromatic carbocycles. The van der Waals surface area contributed by atoms with Crippen LogP contribution in [0.2, 0.25) is 0 Å². The number of benzene rings is 3. The first-order valence-corrected chi connectivity index (χ1v) is 13.3. The Morgan fingerprint density at radius 1 is 0.917 bits per heavy atom. The van der Waals surface area contributed by atoms with Gasteiger partial charge in [0.15, 0.2) is 22.5 Å². The summed E-state index contributed by atoms with van der Waals surface area (Å²) in [5.74, 6) is 0.939. The monoisotopic (exact) mass is 502 g/mol. The Bertz CT molecular complexity index is 1360. The topological polar surface area (TPSA) is 76.2 Å². The van der Waals surface area contributed by atoms with Crippen molar-refractivity contribution in [3.63, 3.8) is 0 Å². The van der Waals surface area contributed by atoms with Gasteiger partial charge in [-0.25, -0.2) is 8.51 Å². The first kappa shape index (κ1) is 22.8. The molecule has 1 fully saturated rings. The minimum Gasteiger partial charge on any atom is -0.493 e. The molecule has 184 valence electrons. The lowest BCUT2D eigenvalue weighted by Gasteiger charge is -2.20. The maximum atomic E-state index is 13.4. The van der Waals surface area contributed by atoms with Crippen LogP contribution in [0.25, 0.3) is 0 Å². The number of fused-ring (bicyclic) bond motifs is 2. The van der Waals surface area contributed by atoms with E-state index in [1.54, 1.807) is 36.3 Å². The summed E-state index contributed by atoms with van der Waals surface area (Å²) in [4.78, 5) is 28.5. The Kier molecular flexibility index (Phi) is 5.76. The second-order valence-electron chi connectivity index (χ2n) is 9.33. The molecule has 3 aromatic rings. The summed E-state index contributed by atoms with van der Waals surface area (Å²) in [5, 5.41) is 0. The average Bonchev–Trinajstić information content (AvgIpc) is 3.59. The number of carbonyl (C=O) groups excluding carboxylic acids is 2. The van der Waals surface area contributed by atoms with Gasteiger partial charge in [-0.15, -0.1) is 0 Å². The molecule has 1 saturated carbocycles. The first-order chi connectivity index (χ1) is 17.5. The van der Waals surface area contributed by atoms with Crippen LogP contribution < -0.4 is 14.4 Å². The Labute approximate surface area is 212 Å². The number of amides is 2. The van der Waals surface area contributed by atoms with Crippen molar-refractivity contribution in [1.82, 2.24) is 4.31 Å². The third-order valence-electron chi connectivity index (χ3n) is 7.09. The summed E-state index contributed by atoms with van der Waals surface area (Å²) in [6.45, 7) is 0.617. The maximum absolute atomic E-state index is 13.4. The van der Waals surface area contributed by atoms with Gasteiger partial charge in [0.1, 0.15) is 0 Å². The van der Waals surface area contributed by atoms with Gasteiger partial charge < -0.3 is 14.4 Å². The summed E-state index contributed by atoms with van der Waals surface area (Å²) < 4.78 is 25.9. The lowest BCUT2D eigenvalue weighted by atomic mass is 10.1. The van der Waals surface area contributed by atoms with Crippen molar-refractivity contribution >= 4 is 28.5 Å². The molecule has 2 amide bonds. The van der Waals surface area contributed by atoms with Crippen molar-refractivity contribution in [1.29, 1.82) is 0 Å². The number of hydrogen-bond donors (Lipinski definition) is 0. The van der Waals surface area contributed by atoms with Gasteiger partial charge in [0.2, 0.25) is 0 Å². The summed E-state index contributed by atoms with van der Waals surface area (Å²) in [6.07, 6.45) is 4.56. The van der Waals surface area contributed by atoms with Gasteiger partial charge in [0, 0.05) is 17.3 Å². The highest BCUT2D eigenvalue weighted by atomic mass is 32.2. The van der Waals surface area contributed by atoms with Crippen LogP contribution in [0.5, 0.6) is 11.5 Å². The zero-order chi connectivity index (χ0) is 24.8. The van der Waals surface area contributed by atoms with Crippen molar-refractivity contribution in [3.05, 3.63) is 82.9 Å². The minimum absolute atomic E-state index is 0.110. The molecule has 1 aliphatic carbocycles. The second kappa shape index (κ2) is 9.09. The highest BCUT2D eigenvalue weighted by Crippen LogP contribution is 2.38. The SMILES string of the molecule is COc1ccc(N2Cc3ccc(CN4C(=O)c5ccccc5S4=O)cc3C2=O)cc1OC1CCCC1. The molecule has 0 saturated heterocycles. The van der Waals surface area contributed by atoms with Crippen LogP contribution in [0.4, 0.5) is 5.69 Å². The van der Waals surface area contributed by atoms with Crippen LogP contribution in [-0.4, -0.2) is 33.5 Å². The molecule has 0 N–H and O–H groups in total. The predicted molar refractivity (Wildman–Crippen MR) is 136 cm³/mol. The van der Waals surface area contributed by atoms with Gasteiger partial charge in [-0.2, -0.15) is 0 Å². The van der Waals surface area contributed by atoms with Crippen molar-refractivity contribution in [2.75, 3.05) is 12.0 Å². The highest BCUT2D eigenvalue weighted by Gasteiger charge is 2.35. The van der Waals surface area contributed by atoms with Crippen molar-refractivity contribution in [3.8, 4) is 11.5 Å². The molecule has 0 aromatic heterocycles. The van der Waals surface area contributed by atoms with E-state index >= 15 is 0 Å². The summed E-state index contributed by atoms with van der Waals surface area (Å²) in [5.41, 5.74) is 3.48. The van der Waals surface area contributed by atoms with Crippen LogP contribution in [0, 0.1) is 0 Å². The standard InChI is InChI=1S/C28H26N2O5S/c1-34-24-13-12-20(15-25(24)35-21-6-2-3-7-21)29-17-19-11-10-18(14-23(19)27(29)31)16-30-28(32)22-8-4-5-9-26(22)36(30)33/h4-5,8-15,21H,2-3,6-7,16-17H2,1H3. The second-order valence-corrected chi connectivity index (χ2v) is 10.7. The Hall–Kier alpha value is -3.65. The van der Waals surface area contributed by atoms with Gasteiger partial charge in [-0.05, 0) is 67.1 Å². The van der Waals surface area contributed by atoms with Crippen LogP contribution in [0.1, 0.15) is 57.5 Å². The third kappa shape index (κ3) is 3.86. The van der Waals surface area contributed by atoms with E-state index in [-0.39, 0.29) is 24.5 Å². The Balaban J connectivity index is 1.23. The molecule has 0 radical (unpaired) electrons. The van der Waals surface area contributed by atoms with E-state index in [0.717, 1.165) is 42.5 Å². The van der Waals surface area contributed by atoms with Crippen LogP contribution in [0.15, 0.2) is 65.6 Å². The molecule has 0 spiro atoms. The molecule has 2 aliphatic heterocycles. The quantitative estimate of drug-likeness (QED) is 0.481. The smallest absolute Gasteiger partial charge is 0.267 e. The molecule has 8 heteroatoms. The first-order valence-electron chi connectivity index (χ1n) is 12.1. The zero-order valence-corrected chi connectivity index (χ0v) is 20.8. The fourth-order valence-corrected chi connectivity index (χ4v) is 6.48. The summed E-state index contributed by atoms with van der Waals surface area (Å²) in [6, 6.07) is 18.2. The molecule has 2 heterocycles. The van der Waals surface area contributed by atoms with E-state index in [1.165, 1.54) is 4.31 Å². The van der Waals surface area contributed by atoms with E-state index in [2.05, 4.69) is 0 Å². The molecular weight excluding hydrogens is 476 g/mol. The summed E-state index contributed by atoms with van der Waals surface area (Å²) in [7, 11) is 0.0610. The number of methoxy groups -OCH3 is 1. The minimum atomic E-state index is -1.56. The van der Waals surface area contributed by atoms with Crippen LogP contribution in [-0.2, 0) is 24.1 Å². The van der Waals surface area contributed by atoms with E-state index < -0.39 is 11.0 Å². The Morgan fingerprint density at radius 3 is 2.50 bits per heavy atom. The van der Waals surface area contributed by atoms with E-state index in [9.17, 15) is 13.8 Å². The van der Waals surface area contributed by atoms with Crippen LogP contribution >= 0.6 is 0 Å². The largest absolute Gasteiger partial charge is 0.493 e. The van der Waals surface area contributed by atoms with Gasteiger partial charge in [0.25, 0.3) is 11.8 Å². The molecule has 36 heavy (non-hydrogen) atoms. The highest BCUT2D eigenvalue weighted by molar-refractivity contribution is 7.83. The van der Waals surface area contributed by atoms with Crippen molar-refractivity contribution < 1.29 is 23.3 Å². The number of anilines is 1. The fraction of sp³-hybridized carbons (Fsp3) is 0.286. The number of ether oxygens (including phenoxy) is 2. The molecule has 1 unspecified atom stereocenters. The van der Waals surface area contributed by atoms with Gasteiger partial charge >= 0.3 is 0 Å². The van der Waals surface area contributed by atoms with E-state index in [1.807, 2.05) is 36.4 Å². The molecule has 0 bridgehead atoms. The molecule has 3 aliphatic rings. The molecule has 7 nitrogen and oxygen atoms in total. The number of hydrogen-bond acceptors (Lipinski definition) is 5. The van der Waals surface area contributed by atoms with Crippen LogP contribution in [0.3, 0.4) is 0 Å². The third-order valence-corrected chi connectivity index (χ3v) is 8.52. The number of carbonyl (C=O) groups is 2. The van der Waals surface area contributed by atoms with Gasteiger partial charge in [-0.1, -0.05) is 24.3 Å². The predicted octanol–water partition coefficient (Wildman–Crippen LogP) is 4.86. The van der Waals surface area contributed by atoms with Crippen molar-refractivity contribution in [2.45, 2.75) is 49.8 Å². The zero-order valence-electron chi connectivity index (χ0n) is 19.9. The fourth-order valence-electron chi connectivity index (χ4n) is 5.19. The maximum Gasteiger partial charge on any atom is 0.267 e. The number of rotatable bonds is 6. The Morgan fingerprint density at radius 2 is 1.72 bits per heavy atom. The summed E-state index contributed by atoms with van der Waals surface area (Å²) >= 11 is 0. The van der Waals surface area contributed by atoms with Gasteiger partial charge in [0.05, 0.1) is 36.8 Å². The van der Waals surface area contributed by atoms with Crippen molar-refractivity contribution in [2.24, 2.45) is 0 Å². The molecular formula is C28H26N2O5S. The number of nitrogens with zero attached hydrogens (tertiary/aromatic N) is 2.